The van der Waals surface area contributed by atoms with Crippen molar-refractivity contribution in [2.45, 2.75) is 52.5 Å². The first-order chi connectivity index (χ1) is 14.0. The molecule has 2 aromatic rings. The summed E-state index contributed by atoms with van der Waals surface area (Å²) in [7, 11) is 1.62. The maximum absolute atomic E-state index is 12.9. The molecule has 0 bridgehead atoms. The number of rotatable bonds is 5. The highest BCUT2D eigenvalue weighted by Gasteiger charge is 2.19. The average Bonchev–Trinajstić information content (AvgIpc) is 2.69. The number of carbonyl (C=O) groups excluding carboxylic acids is 2. The number of aromatic nitrogens is 2. The van der Waals surface area contributed by atoms with Crippen LogP contribution < -0.4 is 5.56 Å². The van der Waals surface area contributed by atoms with Crippen LogP contribution in [-0.2, 0) is 17.8 Å². The second-order valence-corrected chi connectivity index (χ2v) is 7.61. The Morgan fingerprint density at radius 1 is 1.10 bits per heavy atom. The molecule has 0 saturated carbocycles. The zero-order valence-electron chi connectivity index (χ0n) is 17.6. The van der Waals surface area contributed by atoms with Crippen LogP contribution in [0.4, 0.5) is 0 Å². The Morgan fingerprint density at radius 3 is 2.55 bits per heavy atom. The number of carbonyl (C=O) groups is 2. The van der Waals surface area contributed by atoms with E-state index < -0.39 is 0 Å². The summed E-state index contributed by atoms with van der Waals surface area (Å²) >= 11 is 0. The molecule has 0 atom stereocenters. The van der Waals surface area contributed by atoms with Crippen molar-refractivity contribution in [3.8, 4) is 0 Å². The van der Waals surface area contributed by atoms with Crippen molar-refractivity contribution in [3.05, 3.63) is 39.9 Å². The molecule has 0 radical (unpaired) electrons. The molecular weight excluding hydrogens is 368 g/mol. The quantitative estimate of drug-likeness (QED) is 0.775. The van der Waals surface area contributed by atoms with Gasteiger partial charge in [0.1, 0.15) is 5.82 Å². The first-order valence-electron chi connectivity index (χ1n) is 10.5. The molecule has 29 heavy (non-hydrogen) atoms. The Labute approximate surface area is 171 Å². The maximum Gasteiger partial charge on any atom is 0.261 e. The van der Waals surface area contributed by atoms with E-state index in [1.807, 2.05) is 13.8 Å². The van der Waals surface area contributed by atoms with E-state index in [0.29, 0.717) is 36.1 Å². The van der Waals surface area contributed by atoms with Crippen molar-refractivity contribution < 1.29 is 9.59 Å². The maximum atomic E-state index is 12.9. The molecule has 1 aliphatic rings. The zero-order chi connectivity index (χ0) is 21.0. The molecule has 0 fully saturated rings. The molecular formula is C22H30N4O3. The lowest BCUT2D eigenvalue weighted by atomic mass is 10.1. The monoisotopic (exact) mass is 398 g/mol. The number of benzene rings is 1. The van der Waals surface area contributed by atoms with E-state index >= 15 is 0 Å². The summed E-state index contributed by atoms with van der Waals surface area (Å²) in [5.74, 6) is 0.474. The lowest BCUT2D eigenvalue weighted by molar-refractivity contribution is -0.131. The van der Waals surface area contributed by atoms with Crippen molar-refractivity contribution >= 4 is 22.7 Å². The summed E-state index contributed by atoms with van der Waals surface area (Å²) in [5.41, 5.74) is 0.960. The van der Waals surface area contributed by atoms with Gasteiger partial charge in [0.2, 0.25) is 5.91 Å². The Balaban J connectivity index is 1.88. The van der Waals surface area contributed by atoms with Crippen molar-refractivity contribution in [2.24, 2.45) is 0 Å². The molecule has 1 aliphatic heterocycles. The fourth-order valence-corrected chi connectivity index (χ4v) is 3.90. The van der Waals surface area contributed by atoms with E-state index in [1.54, 1.807) is 34.7 Å². The summed E-state index contributed by atoms with van der Waals surface area (Å²) in [4.78, 5) is 45.9. The summed E-state index contributed by atoms with van der Waals surface area (Å²) in [6.07, 6.45) is 5.07. The molecule has 7 heteroatoms. The van der Waals surface area contributed by atoms with Gasteiger partial charge in [-0.15, -0.1) is 0 Å². The highest BCUT2D eigenvalue weighted by atomic mass is 16.2. The van der Waals surface area contributed by atoms with Gasteiger partial charge in [-0.2, -0.15) is 0 Å². The molecule has 2 amide bonds. The molecule has 3 rings (SSSR count). The number of aryl methyl sites for hydroxylation is 1. The van der Waals surface area contributed by atoms with Gasteiger partial charge in [0.15, 0.2) is 0 Å². The minimum atomic E-state index is -0.249. The van der Waals surface area contributed by atoms with Crippen molar-refractivity contribution in [1.82, 2.24) is 19.4 Å². The van der Waals surface area contributed by atoms with Gasteiger partial charge in [0, 0.05) is 38.7 Å². The average molecular weight is 399 g/mol. The summed E-state index contributed by atoms with van der Waals surface area (Å²) in [5, 5.41) is 0.535. The van der Waals surface area contributed by atoms with Gasteiger partial charge in [-0.25, -0.2) is 4.98 Å². The van der Waals surface area contributed by atoms with E-state index in [-0.39, 0.29) is 23.9 Å². The summed E-state index contributed by atoms with van der Waals surface area (Å²) < 4.78 is 1.79. The molecule has 0 spiro atoms. The van der Waals surface area contributed by atoms with Gasteiger partial charge >= 0.3 is 0 Å². The van der Waals surface area contributed by atoms with E-state index in [9.17, 15) is 14.4 Å². The molecule has 156 valence electrons. The number of likely N-dealkylation sites (N-methyl/N-ethyl adjacent to an activating group) is 2. The van der Waals surface area contributed by atoms with Crippen LogP contribution >= 0.6 is 0 Å². The van der Waals surface area contributed by atoms with E-state index in [0.717, 1.165) is 37.9 Å². The third kappa shape index (κ3) is 4.49. The number of fused-ring (bicyclic) bond motifs is 2. The van der Waals surface area contributed by atoms with E-state index in [4.69, 9.17) is 4.98 Å². The van der Waals surface area contributed by atoms with Gasteiger partial charge in [-0.3, -0.25) is 19.0 Å². The molecule has 0 N–H and O–H groups in total. The van der Waals surface area contributed by atoms with Crippen LogP contribution in [0.5, 0.6) is 0 Å². The summed E-state index contributed by atoms with van der Waals surface area (Å²) in [6, 6.07) is 5.02. The molecule has 0 unspecified atom stereocenters. The third-order valence-electron chi connectivity index (χ3n) is 5.65. The second-order valence-electron chi connectivity index (χ2n) is 7.61. The van der Waals surface area contributed by atoms with Crippen LogP contribution in [0, 0.1) is 0 Å². The van der Waals surface area contributed by atoms with Gasteiger partial charge < -0.3 is 9.80 Å². The van der Waals surface area contributed by atoms with Crippen molar-refractivity contribution in [2.75, 3.05) is 26.7 Å². The first-order valence-corrected chi connectivity index (χ1v) is 10.5. The van der Waals surface area contributed by atoms with Crippen LogP contribution in [0.2, 0.25) is 0 Å². The fourth-order valence-electron chi connectivity index (χ4n) is 3.90. The standard InChI is InChI=1S/C22H30N4O3/c1-4-25(5-2)20(27)15-24(3)21(28)16-11-12-17-18(14-16)23-19-10-8-6-7-9-13-26(19)22(17)29/h11-12,14H,4-10,13,15H2,1-3H3. The van der Waals surface area contributed by atoms with Crippen LogP contribution in [-0.4, -0.2) is 57.8 Å². The summed E-state index contributed by atoms with van der Waals surface area (Å²) in [6.45, 7) is 5.80. The second kappa shape index (κ2) is 9.20. The van der Waals surface area contributed by atoms with Crippen LogP contribution in [0.3, 0.4) is 0 Å². The number of nitrogens with zero attached hydrogens (tertiary/aromatic N) is 4. The molecule has 0 aliphatic carbocycles. The molecule has 1 aromatic heterocycles. The minimum Gasteiger partial charge on any atom is -0.342 e. The predicted octanol–water partition coefficient (Wildman–Crippen LogP) is 2.45. The van der Waals surface area contributed by atoms with Crippen LogP contribution in [0.1, 0.15) is 55.7 Å². The van der Waals surface area contributed by atoms with E-state index in [2.05, 4.69) is 0 Å². The van der Waals surface area contributed by atoms with Crippen LogP contribution in [0.15, 0.2) is 23.0 Å². The highest BCUT2D eigenvalue weighted by Crippen LogP contribution is 2.17. The van der Waals surface area contributed by atoms with E-state index in [1.165, 1.54) is 4.90 Å². The number of amides is 2. The van der Waals surface area contributed by atoms with Crippen molar-refractivity contribution in [3.63, 3.8) is 0 Å². The number of hydrogen-bond acceptors (Lipinski definition) is 4. The molecule has 0 saturated heterocycles. The molecule has 7 nitrogen and oxygen atoms in total. The molecule has 2 heterocycles. The lowest BCUT2D eigenvalue weighted by Gasteiger charge is -2.23. The fraction of sp³-hybridized carbons (Fsp3) is 0.545. The zero-order valence-corrected chi connectivity index (χ0v) is 17.6. The largest absolute Gasteiger partial charge is 0.342 e. The topological polar surface area (TPSA) is 75.5 Å². The van der Waals surface area contributed by atoms with Crippen LogP contribution in [0.25, 0.3) is 10.9 Å². The van der Waals surface area contributed by atoms with Gasteiger partial charge in [0.25, 0.3) is 11.5 Å². The minimum absolute atomic E-state index is 0.0266. The highest BCUT2D eigenvalue weighted by molar-refractivity contribution is 5.99. The third-order valence-corrected chi connectivity index (χ3v) is 5.65. The predicted molar refractivity (Wildman–Crippen MR) is 113 cm³/mol. The van der Waals surface area contributed by atoms with Gasteiger partial charge in [0.05, 0.1) is 17.4 Å². The lowest BCUT2D eigenvalue weighted by Crippen LogP contribution is -2.41. The number of hydrogen-bond donors (Lipinski definition) is 0. The van der Waals surface area contributed by atoms with Gasteiger partial charge in [-0.05, 0) is 44.9 Å². The first kappa shape index (κ1) is 21.0. The normalized spacial score (nSPS) is 14.0. The van der Waals surface area contributed by atoms with Crippen molar-refractivity contribution in [1.29, 1.82) is 0 Å². The Bertz CT molecular complexity index is 962. The SMILES string of the molecule is CCN(CC)C(=O)CN(C)C(=O)c1ccc2c(=O)n3c(nc2c1)CCCCCC3. The van der Waals surface area contributed by atoms with Gasteiger partial charge in [-0.1, -0.05) is 12.8 Å². The Hall–Kier alpha value is -2.70. The smallest absolute Gasteiger partial charge is 0.261 e. The Kier molecular flexibility index (Phi) is 6.67. The Morgan fingerprint density at radius 2 is 1.83 bits per heavy atom. The molecule has 1 aromatic carbocycles.